The first kappa shape index (κ1) is 39.4. The summed E-state index contributed by atoms with van der Waals surface area (Å²) in [4.78, 5) is 2.37. The molecule has 0 spiro atoms. The minimum absolute atomic E-state index is 1.09. The molecule has 318 valence electrons. The zero-order chi connectivity index (χ0) is 45.0. The van der Waals surface area contributed by atoms with E-state index in [1.807, 2.05) is 0 Å². The number of para-hydroxylation sites is 2. The molecule has 0 fully saturated rings. The van der Waals surface area contributed by atoms with Crippen molar-refractivity contribution in [3.05, 3.63) is 267 Å². The third-order valence-electron chi connectivity index (χ3n) is 13.8. The fourth-order valence-corrected chi connectivity index (χ4v) is 10.6. The van der Waals surface area contributed by atoms with Crippen LogP contribution in [0.2, 0.25) is 0 Å². The van der Waals surface area contributed by atoms with E-state index in [0.29, 0.717) is 0 Å². The summed E-state index contributed by atoms with van der Waals surface area (Å²) < 4.78 is 2.48. The Morgan fingerprint density at radius 1 is 0.250 bits per heavy atom. The monoisotopic (exact) mass is 864 g/mol. The fourth-order valence-electron chi connectivity index (χ4n) is 10.6. The molecule has 0 atom stereocenters. The third-order valence-corrected chi connectivity index (χ3v) is 13.8. The molecular weight excluding hydrogens is 821 g/mol. The molecule has 0 aliphatic rings. The summed E-state index contributed by atoms with van der Waals surface area (Å²) in [5, 5.41) is 7.49. The van der Waals surface area contributed by atoms with Crippen LogP contribution in [0.4, 0.5) is 17.1 Å². The number of nitrogens with zero attached hydrogens (tertiary/aromatic N) is 2. The quantitative estimate of drug-likeness (QED) is 0.138. The van der Waals surface area contributed by atoms with E-state index in [0.717, 1.165) is 17.1 Å². The van der Waals surface area contributed by atoms with Crippen molar-refractivity contribution in [1.82, 2.24) is 4.40 Å². The molecule has 0 aliphatic heterocycles. The summed E-state index contributed by atoms with van der Waals surface area (Å²) in [6.07, 6.45) is 0. The zero-order valence-electron chi connectivity index (χ0n) is 37.3. The van der Waals surface area contributed by atoms with Crippen LogP contribution in [0.15, 0.2) is 267 Å². The molecular formula is C66H44N2. The Kier molecular flexibility index (Phi) is 9.54. The Bertz CT molecular complexity index is 3960. The van der Waals surface area contributed by atoms with Crippen LogP contribution in [-0.4, -0.2) is 4.40 Å². The van der Waals surface area contributed by atoms with Gasteiger partial charge >= 0.3 is 0 Å². The van der Waals surface area contributed by atoms with Gasteiger partial charge in [-0.15, -0.1) is 0 Å². The van der Waals surface area contributed by atoms with Gasteiger partial charge in [-0.2, -0.15) is 0 Å². The van der Waals surface area contributed by atoms with Gasteiger partial charge in [0.05, 0.1) is 16.6 Å². The van der Waals surface area contributed by atoms with Gasteiger partial charge in [-0.3, -0.25) is 0 Å². The molecule has 0 saturated heterocycles. The molecule has 13 rings (SSSR count). The number of anilines is 3. The molecule has 0 N–H and O–H groups in total. The van der Waals surface area contributed by atoms with E-state index >= 15 is 0 Å². The van der Waals surface area contributed by atoms with Gasteiger partial charge < -0.3 is 9.30 Å². The van der Waals surface area contributed by atoms with Gasteiger partial charge in [0.25, 0.3) is 0 Å². The SMILES string of the molecule is c1ccc(-c2ccc(-c3ccc(N(c4ccc(-c5cccc6ccccc56)cc4)c4ccc(-c5cccc6c5c5ccccc5n5c7ccccc7c(-c7ccccc7)c65)cc4)cc3)cc2)cc1. The Hall–Kier alpha value is -8.98. The van der Waals surface area contributed by atoms with Crippen molar-refractivity contribution in [3.63, 3.8) is 0 Å². The topological polar surface area (TPSA) is 7.65 Å². The minimum atomic E-state index is 1.09. The normalized spacial score (nSPS) is 11.5. The van der Waals surface area contributed by atoms with E-state index in [2.05, 4.69) is 276 Å². The minimum Gasteiger partial charge on any atom is -0.311 e. The first-order valence-corrected chi connectivity index (χ1v) is 23.4. The number of rotatable bonds is 8. The summed E-state index contributed by atoms with van der Waals surface area (Å²) in [5.74, 6) is 0. The van der Waals surface area contributed by atoms with Crippen molar-refractivity contribution >= 4 is 65.9 Å². The van der Waals surface area contributed by atoms with Gasteiger partial charge in [0.15, 0.2) is 0 Å². The van der Waals surface area contributed by atoms with Crippen LogP contribution >= 0.6 is 0 Å². The number of fused-ring (bicyclic) bond motifs is 9. The first-order chi connectivity index (χ1) is 33.7. The highest BCUT2D eigenvalue weighted by atomic mass is 15.1. The summed E-state index contributed by atoms with van der Waals surface area (Å²) >= 11 is 0. The fraction of sp³-hybridized carbons (Fsp3) is 0. The summed E-state index contributed by atoms with van der Waals surface area (Å²) in [6, 6.07) is 97.3. The van der Waals surface area contributed by atoms with Crippen molar-refractivity contribution in [2.45, 2.75) is 0 Å². The molecule has 0 unspecified atom stereocenters. The average molecular weight is 865 g/mol. The largest absolute Gasteiger partial charge is 0.311 e. The Morgan fingerprint density at radius 2 is 0.647 bits per heavy atom. The van der Waals surface area contributed by atoms with Crippen LogP contribution < -0.4 is 4.90 Å². The lowest BCUT2D eigenvalue weighted by Gasteiger charge is -2.26. The van der Waals surface area contributed by atoms with E-state index in [1.54, 1.807) is 0 Å². The maximum Gasteiger partial charge on any atom is 0.0626 e. The Morgan fingerprint density at radius 3 is 1.26 bits per heavy atom. The smallest absolute Gasteiger partial charge is 0.0626 e. The molecule has 2 nitrogen and oxygen atoms in total. The number of benzene rings is 11. The highest BCUT2D eigenvalue weighted by Gasteiger charge is 2.21. The van der Waals surface area contributed by atoms with Crippen molar-refractivity contribution in [2.75, 3.05) is 4.90 Å². The van der Waals surface area contributed by atoms with Crippen LogP contribution in [0.25, 0.3) is 105 Å². The first-order valence-electron chi connectivity index (χ1n) is 23.4. The highest BCUT2D eigenvalue weighted by molar-refractivity contribution is 6.25. The van der Waals surface area contributed by atoms with E-state index < -0.39 is 0 Å². The van der Waals surface area contributed by atoms with Gasteiger partial charge in [-0.25, -0.2) is 0 Å². The average Bonchev–Trinajstić information content (AvgIpc) is 3.78. The van der Waals surface area contributed by atoms with Crippen molar-refractivity contribution in [2.24, 2.45) is 0 Å². The van der Waals surface area contributed by atoms with Crippen LogP contribution in [0.5, 0.6) is 0 Å². The number of pyridine rings is 1. The van der Waals surface area contributed by atoms with Gasteiger partial charge in [0.2, 0.25) is 0 Å². The second kappa shape index (κ2) is 16.5. The third kappa shape index (κ3) is 6.65. The van der Waals surface area contributed by atoms with Gasteiger partial charge in [0, 0.05) is 44.2 Å². The molecule has 0 saturated carbocycles. The molecule has 0 radical (unpaired) electrons. The van der Waals surface area contributed by atoms with Crippen LogP contribution in [0.3, 0.4) is 0 Å². The molecule has 0 bridgehead atoms. The van der Waals surface area contributed by atoms with Crippen molar-refractivity contribution in [1.29, 1.82) is 0 Å². The van der Waals surface area contributed by atoms with Crippen LogP contribution in [-0.2, 0) is 0 Å². The summed E-state index contributed by atoms with van der Waals surface area (Å²) in [6.45, 7) is 0. The highest BCUT2D eigenvalue weighted by Crippen LogP contribution is 2.46. The predicted molar refractivity (Wildman–Crippen MR) is 289 cm³/mol. The molecule has 0 amide bonds. The summed E-state index contributed by atoms with van der Waals surface area (Å²) in [7, 11) is 0. The van der Waals surface area contributed by atoms with E-state index in [4.69, 9.17) is 0 Å². The van der Waals surface area contributed by atoms with Gasteiger partial charge in [-0.1, -0.05) is 218 Å². The van der Waals surface area contributed by atoms with Crippen LogP contribution in [0, 0.1) is 0 Å². The van der Waals surface area contributed by atoms with Crippen molar-refractivity contribution < 1.29 is 0 Å². The lowest BCUT2D eigenvalue weighted by molar-refractivity contribution is 1.28. The van der Waals surface area contributed by atoms with Crippen molar-refractivity contribution in [3.8, 4) is 55.6 Å². The second-order valence-corrected chi connectivity index (χ2v) is 17.6. The molecule has 68 heavy (non-hydrogen) atoms. The second-order valence-electron chi connectivity index (χ2n) is 17.6. The Labute approximate surface area is 395 Å². The molecule has 0 aliphatic carbocycles. The number of aromatic nitrogens is 1. The standard InChI is InChI=1S/C66H44N2/c1-3-15-45(16-4-1)46-29-31-47(32-30-46)48-33-39-53(40-34-48)67(54-41-35-50(36-42-54)57-24-13-20-49-17-7-8-21-56(49)57)55-43-37-51(38-44-55)58-25-14-26-61-65(58)60-23-10-12-28-63(60)68-62-27-11-9-22-59(62)64(66(61)68)52-18-5-2-6-19-52/h1-44H. The molecule has 11 aromatic carbocycles. The Balaban J connectivity index is 0.934. The molecule has 13 aromatic rings. The van der Waals surface area contributed by atoms with E-state index in [1.165, 1.54) is 105 Å². The molecule has 2 aromatic heterocycles. The predicted octanol–water partition coefficient (Wildman–Crippen LogP) is 18.4. The number of hydrogen-bond donors (Lipinski definition) is 0. The van der Waals surface area contributed by atoms with Gasteiger partial charge in [0.1, 0.15) is 0 Å². The van der Waals surface area contributed by atoms with E-state index in [-0.39, 0.29) is 0 Å². The zero-order valence-corrected chi connectivity index (χ0v) is 37.3. The van der Waals surface area contributed by atoms with Gasteiger partial charge in [-0.05, 0) is 109 Å². The van der Waals surface area contributed by atoms with Crippen LogP contribution in [0.1, 0.15) is 0 Å². The lowest BCUT2D eigenvalue weighted by Crippen LogP contribution is -2.09. The number of hydrogen-bond acceptors (Lipinski definition) is 1. The molecule has 2 heteroatoms. The lowest BCUT2D eigenvalue weighted by atomic mass is 9.93. The summed E-state index contributed by atoms with van der Waals surface area (Å²) in [5.41, 5.74) is 19.0. The maximum atomic E-state index is 2.48. The maximum absolute atomic E-state index is 2.48. The van der Waals surface area contributed by atoms with E-state index in [9.17, 15) is 0 Å². The molecule has 2 heterocycles.